The molecular formula is C15H24N2O5. The summed E-state index contributed by atoms with van der Waals surface area (Å²) in [6.07, 6.45) is 1.25. The molecule has 2 heterocycles. The van der Waals surface area contributed by atoms with Gasteiger partial charge in [0.2, 0.25) is 5.91 Å². The van der Waals surface area contributed by atoms with Crippen LogP contribution in [-0.4, -0.2) is 64.2 Å². The molecule has 2 aliphatic rings. The maximum absolute atomic E-state index is 12.1. The Labute approximate surface area is 130 Å². The van der Waals surface area contributed by atoms with Crippen LogP contribution in [0.15, 0.2) is 0 Å². The van der Waals surface area contributed by atoms with E-state index in [0.717, 1.165) is 12.8 Å². The number of rotatable bonds is 2. The van der Waals surface area contributed by atoms with Crippen molar-refractivity contribution in [2.75, 3.05) is 19.6 Å². The minimum absolute atomic E-state index is 0.0538. The summed E-state index contributed by atoms with van der Waals surface area (Å²) in [7, 11) is 0. The second kappa shape index (κ2) is 6.14. The molecule has 1 unspecified atom stereocenters. The second-order valence-electron chi connectivity index (χ2n) is 7.01. The first-order valence-electron chi connectivity index (χ1n) is 7.67. The van der Waals surface area contributed by atoms with Crippen molar-refractivity contribution in [2.45, 2.75) is 51.7 Å². The largest absolute Gasteiger partial charge is 0.481 e. The van der Waals surface area contributed by atoms with Gasteiger partial charge in [-0.1, -0.05) is 0 Å². The average molecular weight is 312 g/mol. The minimum Gasteiger partial charge on any atom is -0.481 e. The first-order valence-corrected chi connectivity index (χ1v) is 7.67. The Morgan fingerprint density at radius 3 is 2.50 bits per heavy atom. The SMILES string of the molecule is CC(C)(C)OC(=O)N1CCC[C@@H](N2CC(C(=O)O)CC2=O)C1. The lowest BCUT2D eigenvalue weighted by atomic mass is 10.0. The molecule has 2 rings (SSSR count). The van der Waals surface area contributed by atoms with E-state index < -0.39 is 17.5 Å². The number of hydrogen-bond donors (Lipinski definition) is 1. The summed E-state index contributed by atoms with van der Waals surface area (Å²) in [6.45, 7) is 6.69. The van der Waals surface area contributed by atoms with Crippen LogP contribution in [0.4, 0.5) is 4.79 Å². The first-order chi connectivity index (χ1) is 10.2. The average Bonchev–Trinajstić information content (AvgIpc) is 2.79. The second-order valence-corrected chi connectivity index (χ2v) is 7.01. The fraction of sp³-hybridized carbons (Fsp3) is 0.800. The summed E-state index contributed by atoms with van der Waals surface area (Å²) in [5, 5.41) is 9.05. The van der Waals surface area contributed by atoms with Gasteiger partial charge in [-0.15, -0.1) is 0 Å². The van der Waals surface area contributed by atoms with Crippen LogP contribution in [0.5, 0.6) is 0 Å². The molecule has 2 atom stereocenters. The summed E-state index contributed by atoms with van der Waals surface area (Å²) in [5.41, 5.74) is -0.554. The smallest absolute Gasteiger partial charge is 0.410 e. The number of carboxylic acid groups (broad SMARTS) is 1. The van der Waals surface area contributed by atoms with Gasteiger partial charge in [-0.3, -0.25) is 9.59 Å². The van der Waals surface area contributed by atoms with E-state index in [-0.39, 0.29) is 31.0 Å². The summed E-state index contributed by atoms with van der Waals surface area (Å²) in [5.74, 6) is -1.71. The number of carboxylic acids is 1. The van der Waals surface area contributed by atoms with Crippen molar-refractivity contribution in [1.29, 1.82) is 0 Å². The Balaban J connectivity index is 1.97. The number of likely N-dealkylation sites (tertiary alicyclic amines) is 2. The molecule has 2 aliphatic heterocycles. The van der Waals surface area contributed by atoms with E-state index in [1.165, 1.54) is 0 Å². The number of carbonyl (C=O) groups excluding carboxylic acids is 2. The molecule has 0 saturated carbocycles. The molecule has 124 valence electrons. The predicted octanol–water partition coefficient (Wildman–Crippen LogP) is 1.32. The third kappa shape index (κ3) is 3.90. The van der Waals surface area contributed by atoms with Crippen molar-refractivity contribution in [3.05, 3.63) is 0 Å². The topological polar surface area (TPSA) is 87.2 Å². The molecule has 0 spiro atoms. The van der Waals surface area contributed by atoms with Crippen molar-refractivity contribution < 1.29 is 24.2 Å². The highest BCUT2D eigenvalue weighted by atomic mass is 16.6. The Bertz CT molecular complexity index is 471. The maximum Gasteiger partial charge on any atom is 0.410 e. The van der Waals surface area contributed by atoms with E-state index in [1.54, 1.807) is 9.80 Å². The van der Waals surface area contributed by atoms with Gasteiger partial charge in [0.1, 0.15) is 5.60 Å². The Kier molecular flexibility index (Phi) is 4.63. The van der Waals surface area contributed by atoms with Gasteiger partial charge in [0, 0.05) is 32.1 Å². The monoisotopic (exact) mass is 312 g/mol. The third-order valence-corrected chi connectivity index (χ3v) is 4.00. The van der Waals surface area contributed by atoms with Gasteiger partial charge in [0.05, 0.1) is 5.92 Å². The summed E-state index contributed by atoms with van der Waals surface area (Å²) in [6, 6.07) is -0.113. The Morgan fingerprint density at radius 1 is 1.27 bits per heavy atom. The molecule has 0 aromatic heterocycles. The van der Waals surface area contributed by atoms with Gasteiger partial charge >= 0.3 is 12.1 Å². The van der Waals surface area contributed by atoms with Crippen LogP contribution < -0.4 is 0 Å². The summed E-state index contributed by atoms with van der Waals surface area (Å²) >= 11 is 0. The van der Waals surface area contributed by atoms with Crippen molar-refractivity contribution in [3.8, 4) is 0 Å². The molecule has 7 heteroatoms. The first kappa shape index (κ1) is 16.6. The van der Waals surface area contributed by atoms with E-state index in [2.05, 4.69) is 0 Å². The van der Waals surface area contributed by atoms with Gasteiger partial charge in [0.25, 0.3) is 0 Å². The molecule has 1 N–H and O–H groups in total. The lowest BCUT2D eigenvalue weighted by Crippen LogP contribution is -2.51. The molecule has 2 saturated heterocycles. The highest BCUT2D eigenvalue weighted by molar-refractivity contribution is 5.86. The normalized spacial score (nSPS) is 26.2. The van der Waals surface area contributed by atoms with Crippen LogP contribution >= 0.6 is 0 Å². The molecule has 0 aromatic rings. The van der Waals surface area contributed by atoms with Gasteiger partial charge in [-0.25, -0.2) is 4.79 Å². The van der Waals surface area contributed by atoms with Crippen LogP contribution in [0, 0.1) is 5.92 Å². The van der Waals surface area contributed by atoms with Crippen molar-refractivity contribution in [2.24, 2.45) is 5.92 Å². The lowest BCUT2D eigenvalue weighted by molar-refractivity contribution is -0.141. The number of carbonyl (C=O) groups is 3. The molecule has 0 radical (unpaired) electrons. The number of nitrogens with zero attached hydrogens (tertiary/aromatic N) is 2. The van der Waals surface area contributed by atoms with Crippen molar-refractivity contribution in [1.82, 2.24) is 9.80 Å². The number of aliphatic carboxylic acids is 1. The maximum atomic E-state index is 12.1. The van der Waals surface area contributed by atoms with Crippen LogP contribution in [-0.2, 0) is 14.3 Å². The standard InChI is InChI=1S/C15H24N2O5/c1-15(2,3)22-14(21)16-6-4-5-11(9-16)17-8-10(13(19)20)7-12(17)18/h10-11H,4-9H2,1-3H3,(H,19,20)/t10?,11-/m1/s1. The van der Waals surface area contributed by atoms with Crippen LogP contribution in [0.3, 0.4) is 0 Å². The third-order valence-electron chi connectivity index (χ3n) is 4.00. The van der Waals surface area contributed by atoms with Crippen molar-refractivity contribution >= 4 is 18.0 Å². The van der Waals surface area contributed by atoms with Gasteiger partial charge in [0.15, 0.2) is 0 Å². The van der Waals surface area contributed by atoms with Gasteiger partial charge in [-0.05, 0) is 33.6 Å². The van der Waals surface area contributed by atoms with E-state index in [9.17, 15) is 14.4 Å². The Morgan fingerprint density at radius 2 is 1.95 bits per heavy atom. The van der Waals surface area contributed by atoms with E-state index in [0.29, 0.717) is 13.1 Å². The molecule has 2 amide bonds. The van der Waals surface area contributed by atoms with Crippen LogP contribution in [0.2, 0.25) is 0 Å². The van der Waals surface area contributed by atoms with E-state index in [1.807, 2.05) is 20.8 Å². The van der Waals surface area contributed by atoms with Crippen LogP contribution in [0.25, 0.3) is 0 Å². The molecule has 22 heavy (non-hydrogen) atoms. The minimum atomic E-state index is -0.935. The zero-order valence-corrected chi connectivity index (χ0v) is 13.4. The molecule has 0 aliphatic carbocycles. The fourth-order valence-corrected chi connectivity index (χ4v) is 2.95. The Hall–Kier alpha value is -1.79. The highest BCUT2D eigenvalue weighted by Crippen LogP contribution is 2.25. The summed E-state index contributed by atoms with van der Waals surface area (Å²) < 4.78 is 5.36. The number of hydrogen-bond acceptors (Lipinski definition) is 4. The van der Waals surface area contributed by atoms with E-state index in [4.69, 9.17) is 9.84 Å². The zero-order chi connectivity index (χ0) is 16.5. The number of piperidine rings is 1. The number of amides is 2. The lowest BCUT2D eigenvalue weighted by Gasteiger charge is -2.38. The summed E-state index contributed by atoms with van der Waals surface area (Å²) in [4.78, 5) is 38.4. The molecule has 7 nitrogen and oxygen atoms in total. The molecule has 0 bridgehead atoms. The van der Waals surface area contributed by atoms with Gasteiger partial charge in [-0.2, -0.15) is 0 Å². The zero-order valence-electron chi connectivity index (χ0n) is 13.4. The molecular weight excluding hydrogens is 288 g/mol. The fourth-order valence-electron chi connectivity index (χ4n) is 2.95. The molecule has 0 aromatic carbocycles. The predicted molar refractivity (Wildman–Crippen MR) is 78.3 cm³/mol. The highest BCUT2D eigenvalue weighted by Gasteiger charge is 2.40. The number of ether oxygens (including phenoxy) is 1. The quantitative estimate of drug-likeness (QED) is 0.831. The van der Waals surface area contributed by atoms with E-state index >= 15 is 0 Å². The van der Waals surface area contributed by atoms with Crippen LogP contribution in [0.1, 0.15) is 40.0 Å². The van der Waals surface area contributed by atoms with Gasteiger partial charge < -0.3 is 19.6 Å². The molecule has 2 fully saturated rings. The van der Waals surface area contributed by atoms with Crippen molar-refractivity contribution in [3.63, 3.8) is 0 Å².